The molecule has 0 saturated heterocycles. The van der Waals surface area contributed by atoms with E-state index in [-0.39, 0.29) is 17.9 Å². The molecule has 0 aliphatic carbocycles. The number of carbonyl (C=O) groups is 1. The lowest BCUT2D eigenvalue weighted by atomic mass is 10.1. The van der Waals surface area contributed by atoms with Gasteiger partial charge in [0, 0.05) is 12.5 Å². The van der Waals surface area contributed by atoms with E-state index in [9.17, 15) is 9.18 Å². The molecule has 144 valence electrons. The minimum absolute atomic E-state index is 0.158. The van der Waals surface area contributed by atoms with Gasteiger partial charge in [0.25, 0.3) is 0 Å². The van der Waals surface area contributed by atoms with Crippen LogP contribution in [0.25, 0.3) is 0 Å². The van der Waals surface area contributed by atoms with Crippen molar-refractivity contribution in [1.29, 1.82) is 0 Å². The fourth-order valence-corrected chi connectivity index (χ4v) is 2.66. The van der Waals surface area contributed by atoms with Crippen LogP contribution in [0, 0.1) is 5.82 Å². The first kappa shape index (κ1) is 20.7. The number of hydrogen-bond acceptors (Lipinski definition) is 3. The second kappa shape index (κ2) is 11.9. The number of benzene rings is 2. The summed E-state index contributed by atoms with van der Waals surface area (Å²) in [6, 6.07) is 15.1. The van der Waals surface area contributed by atoms with Crippen LogP contribution in [0.3, 0.4) is 0 Å². The summed E-state index contributed by atoms with van der Waals surface area (Å²) >= 11 is 0. The monoisotopic (exact) mass is 370 g/mol. The molecule has 0 fully saturated rings. The molecule has 0 bridgehead atoms. The van der Waals surface area contributed by atoms with E-state index in [1.807, 2.05) is 30.4 Å². The van der Waals surface area contributed by atoms with Crippen LogP contribution in [-0.4, -0.2) is 18.7 Å². The van der Waals surface area contributed by atoms with Gasteiger partial charge < -0.3 is 9.47 Å². The van der Waals surface area contributed by atoms with Crippen molar-refractivity contribution in [1.82, 2.24) is 0 Å². The minimum atomic E-state index is -0.319. The van der Waals surface area contributed by atoms with Crippen LogP contribution < -0.4 is 4.74 Å². The fraction of sp³-hybridized carbons (Fsp3) is 0.348. The third-order valence-corrected chi connectivity index (χ3v) is 4.12. The van der Waals surface area contributed by atoms with Crippen LogP contribution in [0.15, 0.2) is 66.7 Å². The van der Waals surface area contributed by atoms with Gasteiger partial charge in [0.2, 0.25) is 0 Å². The third-order valence-electron chi connectivity index (χ3n) is 4.12. The maximum absolute atomic E-state index is 13.1. The van der Waals surface area contributed by atoms with Crippen molar-refractivity contribution in [2.24, 2.45) is 0 Å². The van der Waals surface area contributed by atoms with Gasteiger partial charge in [0.1, 0.15) is 24.3 Å². The fourth-order valence-electron chi connectivity index (χ4n) is 2.66. The zero-order chi connectivity index (χ0) is 19.3. The summed E-state index contributed by atoms with van der Waals surface area (Å²) in [7, 11) is 0. The number of ether oxygens (including phenoxy) is 2. The van der Waals surface area contributed by atoms with Crippen LogP contribution in [0.1, 0.15) is 49.4 Å². The topological polar surface area (TPSA) is 35.5 Å². The Morgan fingerprint density at radius 3 is 2.63 bits per heavy atom. The highest BCUT2D eigenvalue weighted by molar-refractivity contribution is 5.89. The molecule has 0 aliphatic heterocycles. The maximum Gasteiger partial charge on any atom is 0.338 e. The molecule has 0 saturated carbocycles. The van der Waals surface area contributed by atoms with E-state index in [1.165, 1.54) is 12.1 Å². The van der Waals surface area contributed by atoms with E-state index >= 15 is 0 Å². The lowest BCUT2D eigenvalue weighted by Gasteiger charge is -2.16. The van der Waals surface area contributed by atoms with E-state index in [2.05, 4.69) is 6.92 Å². The van der Waals surface area contributed by atoms with Gasteiger partial charge in [-0.3, -0.25) is 0 Å². The number of esters is 1. The van der Waals surface area contributed by atoms with Gasteiger partial charge >= 0.3 is 5.97 Å². The highest BCUT2D eigenvalue weighted by Gasteiger charge is 2.14. The van der Waals surface area contributed by atoms with Crippen molar-refractivity contribution >= 4 is 5.97 Å². The van der Waals surface area contributed by atoms with Gasteiger partial charge in [0.15, 0.2) is 0 Å². The Balaban J connectivity index is 1.82. The van der Waals surface area contributed by atoms with Crippen molar-refractivity contribution in [3.8, 4) is 5.75 Å². The summed E-state index contributed by atoms with van der Waals surface area (Å²) in [6.07, 6.45) is 8.40. The molecule has 0 aliphatic rings. The molecule has 0 amide bonds. The molecule has 2 rings (SSSR count). The van der Waals surface area contributed by atoms with Crippen molar-refractivity contribution in [2.75, 3.05) is 6.61 Å². The first-order chi connectivity index (χ1) is 13.2. The quantitative estimate of drug-likeness (QED) is 0.278. The Labute approximate surface area is 160 Å². The number of unbranched alkanes of at least 4 members (excludes halogenated alkanes) is 2. The average molecular weight is 370 g/mol. The van der Waals surface area contributed by atoms with Gasteiger partial charge in [0.05, 0.1) is 5.56 Å². The maximum atomic E-state index is 13.1. The summed E-state index contributed by atoms with van der Waals surface area (Å²) in [4.78, 5) is 12.3. The largest absolute Gasteiger partial charge is 0.489 e. The van der Waals surface area contributed by atoms with Gasteiger partial charge in [-0.2, -0.15) is 0 Å². The number of halogens is 1. The standard InChI is InChI=1S/C23H27FO3/c1-2-3-5-14-21(27-23(25)19-11-6-4-7-12-19)15-8-9-17-26-22-16-10-13-20(24)18-22/h4,6-13,16,18,21H,2-3,5,14-15,17H2,1H3/b9-8+. The first-order valence-electron chi connectivity index (χ1n) is 9.48. The Morgan fingerprint density at radius 2 is 1.89 bits per heavy atom. The van der Waals surface area contributed by atoms with E-state index in [1.54, 1.807) is 24.3 Å². The normalized spacial score (nSPS) is 12.1. The minimum Gasteiger partial charge on any atom is -0.489 e. The summed E-state index contributed by atoms with van der Waals surface area (Å²) < 4.78 is 24.3. The average Bonchev–Trinajstić information content (AvgIpc) is 2.68. The molecule has 1 unspecified atom stereocenters. The van der Waals surface area contributed by atoms with E-state index in [4.69, 9.17) is 9.47 Å². The van der Waals surface area contributed by atoms with Crippen LogP contribution in [0.5, 0.6) is 5.75 Å². The van der Waals surface area contributed by atoms with Gasteiger partial charge in [-0.15, -0.1) is 0 Å². The van der Waals surface area contributed by atoms with E-state index in [0.717, 1.165) is 25.7 Å². The molecule has 2 aromatic carbocycles. The van der Waals surface area contributed by atoms with Crippen molar-refractivity contribution in [2.45, 2.75) is 45.1 Å². The predicted octanol–water partition coefficient (Wildman–Crippen LogP) is 5.96. The van der Waals surface area contributed by atoms with Crippen molar-refractivity contribution < 1.29 is 18.7 Å². The Kier molecular flexibility index (Phi) is 9.11. The predicted molar refractivity (Wildman–Crippen MR) is 105 cm³/mol. The van der Waals surface area contributed by atoms with Gasteiger partial charge in [-0.05, 0) is 37.1 Å². The molecule has 0 N–H and O–H groups in total. The lowest BCUT2D eigenvalue weighted by Crippen LogP contribution is -2.18. The SMILES string of the molecule is CCCCCC(C/C=C/COc1cccc(F)c1)OC(=O)c1ccccc1. The molecule has 2 aromatic rings. The molecule has 0 spiro atoms. The van der Waals surface area contributed by atoms with Crippen molar-refractivity contribution in [3.05, 3.63) is 78.1 Å². The summed E-state index contributed by atoms with van der Waals surface area (Å²) in [5.74, 6) is -0.114. The summed E-state index contributed by atoms with van der Waals surface area (Å²) in [5.41, 5.74) is 0.566. The van der Waals surface area contributed by atoms with Crippen LogP contribution in [-0.2, 0) is 4.74 Å². The zero-order valence-electron chi connectivity index (χ0n) is 15.8. The zero-order valence-corrected chi connectivity index (χ0v) is 15.8. The van der Waals surface area contributed by atoms with Crippen LogP contribution in [0.4, 0.5) is 4.39 Å². The number of rotatable bonds is 11. The molecule has 0 heterocycles. The number of hydrogen-bond donors (Lipinski definition) is 0. The molecule has 1 atom stereocenters. The molecular formula is C23H27FO3. The third kappa shape index (κ3) is 8.07. The molecule has 0 aromatic heterocycles. The molecule has 0 radical (unpaired) electrons. The second-order valence-corrected chi connectivity index (χ2v) is 6.36. The smallest absolute Gasteiger partial charge is 0.338 e. The molecule has 4 heteroatoms. The lowest BCUT2D eigenvalue weighted by molar-refractivity contribution is 0.0283. The van der Waals surface area contributed by atoms with E-state index in [0.29, 0.717) is 24.3 Å². The first-order valence-corrected chi connectivity index (χ1v) is 9.48. The van der Waals surface area contributed by atoms with Gasteiger partial charge in [-0.1, -0.05) is 56.2 Å². The highest BCUT2D eigenvalue weighted by atomic mass is 19.1. The molecular weight excluding hydrogens is 343 g/mol. The molecule has 27 heavy (non-hydrogen) atoms. The highest BCUT2D eigenvalue weighted by Crippen LogP contribution is 2.15. The second-order valence-electron chi connectivity index (χ2n) is 6.36. The van der Waals surface area contributed by atoms with Gasteiger partial charge in [-0.25, -0.2) is 9.18 Å². The Morgan fingerprint density at radius 1 is 1.07 bits per heavy atom. The Bertz CT molecular complexity index is 713. The molecule has 3 nitrogen and oxygen atoms in total. The van der Waals surface area contributed by atoms with Crippen molar-refractivity contribution in [3.63, 3.8) is 0 Å². The summed E-state index contributed by atoms with van der Waals surface area (Å²) in [6.45, 7) is 2.49. The number of carbonyl (C=O) groups excluding carboxylic acids is 1. The van der Waals surface area contributed by atoms with Crippen LogP contribution >= 0.6 is 0 Å². The Hall–Kier alpha value is -2.62. The summed E-state index contributed by atoms with van der Waals surface area (Å²) in [5, 5.41) is 0. The van der Waals surface area contributed by atoms with E-state index < -0.39 is 0 Å². The van der Waals surface area contributed by atoms with Crippen LogP contribution in [0.2, 0.25) is 0 Å².